The van der Waals surface area contributed by atoms with Gasteiger partial charge in [0.15, 0.2) is 11.0 Å². The zero-order valence-corrected chi connectivity index (χ0v) is 19.1. The van der Waals surface area contributed by atoms with Gasteiger partial charge >= 0.3 is 0 Å². The van der Waals surface area contributed by atoms with Crippen LogP contribution in [0.1, 0.15) is 29.7 Å². The molecule has 4 aromatic rings. The highest BCUT2D eigenvalue weighted by Crippen LogP contribution is 2.27. The zero-order valence-electron chi connectivity index (χ0n) is 18.3. The van der Waals surface area contributed by atoms with E-state index in [1.165, 1.54) is 22.9 Å². The van der Waals surface area contributed by atoms with Crippen molar-refractivity contribution in [2.24, 2.45) is 0 Å². The van der Waals surface area contributed by atoms with Gasteiger partial charge in [0.05, 0.1) is 11.8 Å². The number of hydrogen-bond acceptors (Lipinski definition) is 5. The van der Waals surface area contributed by atoms with Crippen LogP contribution in [-0.4, -0.2) is 31.4 Å². The Morgan fingerprint density at radius 2 is 1.88 bits per heavy atom. The predicted octanol–water partition coefficient (Wildman–Crippen LogP) is 4.92. The monoisotopic (exact) mass is 443 g/mol. The van der Waals surface area contributed by atoms with Crippen molar-refractivity contribution >= 4 is 17.7 Å². The summed E-state index contributed by atoms with van der Waals surface area (Å²) in [4.78, 5) is 16.9. The van der Waals surface area contributed by atoms with Crippen LogP contribution in [0.15, 0.2) is 78.2 Å². The SMILES string of the molecule is Cc1ccc(C)c(C(C)NC(=O)CSc2nnc(-c3cccnc3)n2-c2ccccc2)c1. The standard InChI is InChI=1S/C25H25N5OS/c1-17-11-12-18(2)22(14-17)19(3)27-23(31)16-32-25-29-28-24(20-8-7-13-26-15-20)30(25)21-9-5-4-6-10-21/h4-15,19H,16H2,1-3H3,(H,27,31). The molecule has 0 saturated carbocycles. The molecule has 0 saturated heterocycles. The number of aryl methyl sites for hydroxylation is 2. The third-order valence-corrected chi connectivity index (χ3v) is 6.11. The second-order valence-corrected chi connectivity index (χ2v) is 8.60. The third kappa shape index (κ3) is 4.89. The molecule has 1 atom stereocenters. The Bertz CT molecular complexity index is 1210. The van der Waals surface area contributed by atoms with E-state index >= 15 is 0 Å². The highest BCUT2D eigenvalue weighted by molar-refractivity contribution is 7.99. The molecule has 0 fully saturated rings. The lowest BCUT2D eigenvalue weighted by atomic mass is 10.00. The van der Waals surface area contributed by atoms with Gasteiger partial charge in [0, 0.05) is 23.6 Å². The van der Waals surface area contributed by atoms with Gasteiger partial charge in [-0.25, -0.2) is 0 Å². The minimum absolute atomic E-state index is 0.0473. The molecule has 0 aliphatic carbocycles. The van der Waals surface area contributed by atoms with Gasteiger partial charge in [0.25, 0.3) is 0 Å². The van der Waals surface area contributed by atoms with E-state index in [1.807, 2.05) is 54.0 Å². The molecule has 2 aromatic carbocycles. The lowest BCUT2D eigenvalue weighted by Crippen LogP contribution is -2.28. The Morgan fingerprint density at radius 1 is 1.06 bits per heavy atom. The van der Waals surface area contributed by atoms with Gasteiger partial charge in [-0.3, -0.25) is 14.3 Å². The second kappa shape index (κ2) is 9.78. The van der Waals surface area contributed by atoms with Gasteiger partial charge in [0.2, 0.25) is 5.91 Å². The fourth-order valence-electron chi connectivity index (χ4n) is 3.57. The number of nitrogens with zero attached hydrogens (tertiary/aromatic N) is 4. The number of rotatable bonds is 7. The van der Waals surface area contributed by atoms with Crippen molar-refractivity contribution in [3.8, 4) is 17.1 Å². The average molecular weight is 444 g/mol. The van der Waals surface area contributed by atoms with Crippen LogP contribution in [-0.2, 0) is 4.79 Å². The predicted molar refractivity (Wildman–Crippen MR) is 128 cm³/mol. The first-order chi connectivity index (χ1) is 15.5. The Hall–Kier alpha value is -3.45. The Morgan fingerprint density at radius 3 is 2.62 bits per heavy atom. The highest BCUT2D eigenvalue weighted by Gasteiger charge is 2.18. The maximum Gasteiger partial charge on any atom is 0.230 e. The molecule has 1 amide bonds. The zero-order chi connectivity index (χ0) is 22.5. The van der Waals surface area contributed by atoms with Gasteiger partial charge < -0.3 is 5.32 Å². The number of carbonyl (C=O) groups excluding carboxylic acids is 1. The van der Waals surface area contributed by atoms with Gasteiger partial charge in [-0.1, -0.05) is 53.7 Å². The van der Waals surface area contributed by atoms with Crippen LogP contribution in [0.5, 0.6) is 0 Å². The Kier molecular flexibility index (Phi) is 6.66. The lowest BCUT2D eigenvalue weighted by molar-refractivity contribution is -0.119. The van der Waals surface area contributed by atoms with E-state index in [0.717, 1.165) is 16.8 Å². The molecule has 2 heterocycles. The summed E-state index contributed by atoms with van der Waals surface area (Å²) in [6.07, 6.45) is 3.49. The number of pyridine rings is 1. The summed E-state index contributed by atoms with van der Waals surface area (Å²) in [5, 5.41) is 12.5. The molecule has 0 radical (unpaired) electrons. The first-order valence-corrected chi connectivity index (χ1v) is 11.4. The van der Waals surface area contributed by atoms with Crippen molar-refractivity contribution in [1.82, 2.24) is 25.1 Å². The first-order valence-electron chi connectivity index (χ1n) is 10.4. The summed E-state index contributed by atoms with van der Waals surface area (Å²) in [5.41, 5.74) is 5.28. The molecular weight excluding hydrogens is 418 g/mol. The second-order valence-electron chi connectivity index (χ2n) is 7.66. The van der Waals surface area contributed by atoms with Crippen molar-refractivity contribution in [1.29, 1.82) is 0 Å². The Balaban J connectivity index is 1.53. The van der Waals surface area contributed by atoms with Gasteiger partial charge in [0.1, 0.15) is 0 Å². The van der Waals surface area contributed by atoms with Crippen molar-refractivity contribution in [3.05, 3.63) is 89.7 Å². The van der Waals surface area contributed by atoms with Crippen LogP contribution in [0.3, 0.4) is 0 Å². The van der Waals surface area contributed by atoms with Crippen molar-refractivity contribution in [2.75, 3.05) is 5.75 Å². The average Bonchev–Trinajstić information content (AvgIpc) is 3.24. The largest absolute Gasteiger partial charge is 0.349 e. The van der Waals surface area contributed by atoms with E-state index in [1.54, 1.807) is 12.4 Å². The number of carbonyl (C=O) groups is 1. The van der Waals surface area contributed by atoms with E-state index in [4.69, 9.17) is 0 Å². The molecule has 1 unspecified atom stereocenters. The van der Waals surface area contributed by atoms with E-state index in [-0.39, 0.29) is 17.7 Å². The van der Waals surface area contributed by atoms with E-state index < -0.39 is 0 Å². The Labute approximate surface area is 192 Å². The summed E-state index contributed by atoms with van der Waals surface area (Å²) >= 11 is 1.37. The lowest BCUT2D eigenvalue weighted by Gasteiger charge is -2.17. The quantitative estimate of drug-likeness (QED) is 0.411. The number of aromatic nitrogens is 4. The van der Waals surface area contributed by atoms with Crippen LogP contribution in [0.4, 0.5) is 0 Å². The summed E-state index contributed by atoms with van der Waals surface area (Å²) in [7, 11) is 0. The van der Waals surface area contributed by atoms with Gasteiger partial charge in [-0.05, 0) is 56.2 Å². The van der Waals surface area contributed by atoms with Gasteiger partial charge in [-0.15, -0.1) is 10.2 Å². The van der Waals surface area contributed by atoms with Crippen molar-refractivity contribution in [3.63, 3.8) is 0 Å². The highest BCUT2D eigenvalue weighted by atomic mass is 32.2. The molecule has 32 heavy (non-hydrogen) atoms. The van der Waals surface area contributed by atoms with Crippen molar-refractivity contribution < 1.29 is 4.79 Å². The third-order valence-electron chi connectivity index (χ3n) is 5.18. The molecule has 162 valence electrons. The number of amides is 1. The summed E-state index contributed by atoms with van der Waals surface area (Å²) in [6, 6.07) is 19.9. The molecule has 0 spiro atoms. The minimum Gasteiger partial charge on any atom is -0.349 e. The molecule has 6 nitrogen and oxygen atoms in total. The number of thioether (sulfide) groups is 1. The smallest absolute Gasteiger partial charge is 0.230 e. The van der Waals surface area contributed by atoms with Crippen LogP contribution in [0, 0.1) is 13.8 Å². The number of nitrogens with one attached hydrogen (secondary N) is 1. The fraction of sp³-hybridized carbons (Fsp3) is 0.200. The molecule has 0 bridgehead atoms. The summed E-state index contributed by atoms with van der Waals surface area (Å²) < 4.78 is 1.96. The first kappa shape index (κ1) is 21.8. The molecule has 2 aromatic heterocycles. The van der Waals surface area contributed by atoms with Crippen molar-refractivity contribution in [2.45, 2.75) is 32.0 Å². The molecule has 1 N–H and O–H groups in total. The number of para-hydroxylation sites is 1. The molecule has 0 aliphatic rings. The van der Waals surface area contributed by atoms with Crippen LogP contribution in [0.2, 0.25) is 0 Å². The molecule has 4 rings (SSSR count). The minimum atomic E-state index is -0.0686. The normalized spacial score (nSPS) is 11.8. The van der Waals surface area contributed by atoms with E-state index in [9.17, 15) is 4.79 Å². The summed E-state index contributed by atoms with van der Waals surface area (Å²) in [5.74, 6) is 0.887. The molecule has 7 heteroatoms. The van der Waals surface area contributed by atoms with E-state index in [0.29, 0.717) is 11.0 Å². The molecule has 0 aliphatic heterocycles. The number of benzene rings is 2. The fourth-order valence-corrected chi connectivity index (χ4v) is 4.34. The van der Waals surface area contributed by atoms with Crippen LogP contribution >= 0.6 is 11.8 Å². The molecular formula is C25H25N5OS. The maximum absolute atomic E-state index is 12.7. The van der Waals surface area contributed by atoms with Crippen LogP contribution in [0.25, 0.3) is 17.1 Å². The number of hydrogen-bond donors (Lipinski definition) is 1. The van der Waals surface area contributed by atoms with E-state index in [2.05, 4.69) is 52.5 Å². The topological polar surface area (TPSA) is 72.7 Å². The maximum atomic E-state index is 12.7. The van der Waals surface area contributed by atoms with Gasteiger partial charge in [-0.2, -0.15) is 0 Å². The van der Waals surface area contributed by atoms with Crippen LogP contribution < -0.4 is 5.32 Å². The summed E-state index contributed by atoms with van der Waals surface area (Å²) in [6.45, 7) is 6.13.